The number of hydrogen-bond donors (Lipinski definition) is 1. The second kappa shape index (κ2) is 6.59. The van der Waals surface area contributed by atoms with Crippen molar-refractivity contribution >= 4 is 0 Å². The van der Waals surface area contributed by atoms with Gasteiger partial charge in [-0.3, -0.25) is 0 Å². The van der Waals surface area contributed by atoms with Gasteiger partial charge in [-0.1, -0.05) is 18.2 Å². The Hall–Kier alpha value is -1.07. The van der Waals surface area contributed by atoms with Gasteiger partial charge in [0.1, 0.15) is 0 Å². The fourth-order valence-electron chi connectivity index (χ4n) is 2.57. The molecule has 0 spiro atoms. The fourth-order valence-corrected chi connectivity index (χ4v) is 2.57. The van der Waals surface area contributed by atoms with E-state index in [1.165, 1.54) is 25.0 Å². The topological polar surface area (TPSA) is 15.3 Å². The smallest absolute Gasteiger partial charge is 0.309 e. The van der Waals surface area contributed by atoms with Gasteiger partial charge in [-0.15, -0.1) is 0 Å². The minimum Gasteiger partial charge on any atom is -0.309 e. The van der Waals surface area contributed by atoms with Gasteiger partial charge in [-0.05, 0) is 44.5 Å². The first kappa shape index (κ1) is 15.3. The number of halogens is 3. The Morgan fingerprint density at radius 2 is 1.95 bits per heavy atom. The lowest BCUT2D eigenvalue weighted by Gasteiger charge is -2.21. The zero-order chi connectivity index (χ0) is 14.6. The number of hydrogen-bond acceptors (Lipinski definition) is 2. The van der Waals surface area contributed by atoms with Crippen LogP contribution in [0.3, 0.4) is 0 Å². The molecule has 0 aromatic heterocycles. The van der Waals surface area contributed by atoms with Crippen LogP contribution in [0, 0.1) is 0 Å². The van der Waals surface area contributed by atoms with Crippen LogP contribution in [0.25, 0.3) is 0 Å². The van der Waals surface area contributed by atoms with Gasteiger partial charge in [0.25, 0.3) is 0 Å². The van der Waals surface area contributed by atoms with E-state index in [0.29, 0.717) is 12.1 Å². The SMILES string of the molecule is CC(CN1CCCC1)NCc1cccc(C(F)(F)F)c1. The third kappa shape index (κ3) is 4.49. The molecule has 20 heavy (non-hydrogen) atoms. The molecular weight excluding hydrogens is 265 g/mol. The fraction of sp³-hybridized carbons (Fsp3) is 0.600. The normalized spacial score (nSPS) is 18.4. The van der Waals surface area contributed by atoms with Crippen molar-refractivity contribution < 1.29 is 13.2 Å². The lowest BCUT2D eigenvalue weighted by atomic mass is 10.1. The Labute approximate surface area is 118 Å². The summed E-state index contributed by atoms with van der Waals surface area (Å²) < 4.78 is 37.8. The monoisotopic (exact) mass is 286 g/mol. The number of rotatable bonds is 5. The van der Waals surface area contributed by atoms with Crippen LogP contribution in [0.4, 0.5) is 13.2 Å². The van der Waals surface area contributed by atoms with Crippen molar-refractivity contribution in [3.05, 3.63) is 35.4 Å². The summed E-state index contributed by atoms with van der Waals surface area (Å²) in [5.74, 6) is 0. The summed E-state index contributed by atoms with van der Waals surface area (Å²) in [7, 11) is 0. The second-order valence-electron chi connectivity index (χ2n) is 5.49. The highest BCUT2D eigenvalue weighted by Crippen LogP contribution is 2.29. The first-order chi connectivity index (χ1) is 9.45. The predicted molar refractivity (Wildman–Crippen MR) is 73.4 cm³/mol. The molecule has 5 heteroatoms. The van der Waals surface area contributed by atoms with Gasteiger partial charge in [-0.25, -0.2) is 0 Å². The van der Waals surface area contributed by atoms with E-state index in [9.17, 15) is 13.2 Å². The molecule has 1 aliphatic rings. The standard InChI is InChI=1S/C15H21F3N2/c1-12(11-20-7-2-3-8-20)19-10-13-5-4-6-14(9-13)15(16,17)18/h4-6,9,12,19H,2-3,7-8,10-11H2,1H3. The number of nitrogens with zero attached hydrogens (tertiary/aromatic N) is 1. The van der Waals surface area contributed by atoms with Gasteiger partial charge in [0.15, 0.2) is 0 Å². The Bertz CT molecular complexity index is 425. The number of benzene rings is 1. The third-order valence-electron chi connectivity index (χ3n) is 3.64. The summed E-state index contributed by atoms with van der Waals surface area (Å²) in [5.41, 5.74) is 0.0945. The van der Waals surface area contributed by atoms with Gasteiger partial charge in [0.2, 0.25) is 0 Å². The maximum atomic E-state index is 12.6. The average Bonchev–Trinajstić information content (AvgIpc) is 2.88. The molecule has 2 rings (SSSR count). The summed E-state index contributed by atoms with van der Waals surface area (Å²) in [6.07, 6.45) is -1.77. The second-order valence-corrected chi connectivity index (χ2v) is 5.49. The van der Waals surface area contributed by atoms with Crippen molar-refractivity contribution in [2.24, 2.45) is 0 Å². The molecule has 1 atom stereocenters. The molecule has 1 fully saturated rings. The van der Waals surface area contributed by atoms with Crippen LogP contribution in [-0.4, -0.2) is 30.6 Å². The van der Waals surface area contributed by atoms with Crippen LogP contribution in [0.1, 0.15) is 30.9 Å². The molecular formula is C15H21F3N2. The van der Waals surface area contributed by atoms with Crippen LogP contribution >= 0.6 is 0 Å². The summed E-state index contributed by atoms with van der Waals surface area (Å²) in [6.45, 7) is 5.77. The van der Waals surface area contributed by atoms with Crippen LogP contribution in [0.2, 0.25) is 0 Å². The molecule has 0 bridgehead atoms. The Balaban J connectivity index is 1.84. The summed E-state index contributed by atoms with van der Waals surface area (Å²) in [6, 6.07) is 5.80. The number of likely N-dealkylation sites (tertiary alicyclic amines) is 1. The highest BCUT2D eigenvalue weighted by atomic mass is 19.4. The van der Waals surface area contributed by atoms with Gasteiger partial charge >= 0.3 is 6.18 Å². The summed E-state index contributed by atoms with van der Waals surface area (Å²) >= 11 is 0. The molecule has 0 aliphatic carbocycles. The molecule has 1 unspecified atom stereocenters. The summed E-state index contributed by atoms with van der Waals surface area (Å²) in [4.78, 5) is 2.39. The van der Waals surface area contributed by atoms with E-state index in [4.69, 9.17) is 0 Å². The molecule has 0 saturated carbocycles. The van der Waals surface area contributed by atoms with Crippen LogP contribution < -0.4 is 5.32 Å². The maximum Gasteiger partial charge on any atom is 0.416 e. The molecule has 2 nitrogen and oxygen atoms in total. The van der Waals surface area contributed by atoms with E-state index < -0.39 is 11.7 Å². The first-order valence-corrected chi connectivity index (χ1v) is 7.07. The Kier molecular flexibility index (Phi) is 5.05. The van der Waals surface area contributed by atoms with Crippen LogP contribution in [0.15, 0.2) is 24.3 Å². The Morgan fingerprint density at radius 3 is 2.60 bits per heavy atom. The quantitative estimate of drug-likeness (QED) is 0.893. The van der Waals surface area contributed by atoms with E-state index in [1.54, 1.807) is 6.07 Å². The van der Waals surface area contributed by atoms with Gasteiger partial charge in [0, 0.05) is 19.1 Å². The molecule has 1 saturated heterocycles. The van der Waals surface area contributed by atoms with Crippen molar-refractivity contribution in [3.8, 4) is 0 Å². The van der Waals surface area contributed by atoms with Crippen molar-refractivity contribution in [2.75, 3.05) is 19.6 Å². The Morgan fingerprint density at radius 1 is 1.25 bits per heavy atom. The number of nitrogens with one attached hydrogen (secondary N) is 1. The van der Waals surface area contributed by atoms with Crippen LogP contribution in [-0.2, 0) is 12.7 Å². The van der Waals surface area contributed by atoms with Crippen molar-refractivity contribution in [1.29, 1.82) is 0 Å². The van der Waals surface area contributed by atoms with E-state index in [-0.39, 0.29) is 6.04 Å². The van der Waals surface area contributed by atoms with E-state index in [2.05, 4.69) is 17.1 Å². The molecule has 0 radical (unpaired) electrons. The van der Waals surface area contributed by atoms with E-state index >= 15 is 0 Å². The van der Waals surface area contributed by atoms with Crippen molar-refractivity contribution in [1.82, 2.24) is 10.2 Å². The van der Waals surface area contributed by atoms with Gasteiger partial charge < -0.3 is 10.2 Å². The maximum absolute atomic E-state index is 12.6. The van der Waals surface area contributed by atoms with Crippen LogP contribution in [0.5, 0.6) is 0 Å². The highest BCUT2D eigenvalue weighted by Gasteiger charge is 2.30. The minimum atomic E-state index is -4.27. The first-order valence-electron chi connectivity index (χ1n) is 7.07. The highest BCUT2D eigenvalue weighted by molar-refractivity contribution is 5.25. The van der Waals surface area contributed by atoms with Crippen molar-refractivity contribution in [3.63, 3.8) is 0 Å². The molecule has 1 aromatic rings. The number of alkyl halides is 3. The molecule has 0 amide bonds. The molecule has 1 aromatic carbocycles. The molecule has 1 N–H and O–H groups in total. The van der Waals surface area contributed by atoms with Gasteiger partial charge in [0.05, 0.1) is 5.56 Å². The molecule has 1 aliphatic heterocycles. The minimum absolute atomic E-state index is 0.280. The lowest BCUT2D eigenvalue weighted by Crippen LogP contribution is -2.37. The van der Waals surface area contributed by atoms with E-state index in [0.717, 1.165) is 25.7 Å². The zero-order valence-corrected chi connectivity index (χ0v) is 11.7. The van der Waals surface area contributed by atoms with Crippen molar-refractivity contribution in [2.45, 2.75) is 38.5 Å². The van der Waals surface area contributed by atoms with Gasteiger partial charge in [-0.2, -0.15) is 13.2 Å². The largest absolute Gasteiger partial charge is 0.416 e. The average molecular weight is 286 g/mol. The summed E-state index contributed by atoms with van der Waals surface area (Å²) in [5, 5.41) is 3.30. The zero-order valence-electron chi connectivity index (χ0n) is 11.7. The lowest BCUT2D eigenvalue weighted by molar-refractivity contribution is -0.137. The van der Waals surface area contributed by atoms with E-state index in [1.807, 2.05) is 0 Å². The predicted octanol–water partition coefficient (Wildman–Crippen LogP) is 3.28. The molecule has 112 valence electrons. The third-order valence-corrected chi connectivity index (χ3v) is 3.64. The molecule has 1 heterocycles.